The highest BCUT2D eigenvalue weighted by Gasteiger charge is 2.36. The summed E-state index contributed by atoms with van der Waals surface area (Å²) in [5.74, 6) is -1.50. The van der Waals surface area contributed by atoms with Crippen LogP contribution < -0.4 is 5.32 Å². The van der Waals surface area contributed by atoms with Crippen LogP contribution in [0.15, 0.2) is 12.1 Å². The third kappa shape index (κ3) is 3.67. The van der Waals surface area contributed by atoms with Gasteiger partial charge in [-0.25, -0.2) is 4.98 Å². The average Bonchev–Trinajstić information content (AvgIpc) is 2.91. The minimum absolute atomic E-state index is 0.0525. The fraction of sp³-hybridized carbons (Fsp3) is 0.471. The van der Waals surface area contributed by atoms with Gasteiger partial charge < -0.3 is 10.4 Å². The molecule has 0 aliphatic heterocycles. The molecule has 0 aromatic carbocycles. The summed E-state index contributed by atoms with van der Waals surface area (Å²) in [6.07, 6.45) is -3.86. The normalized spacial score (nSPS) is 12.4. The Labute approximate surface area is 152 Å². The van der Waals surface area contributed by atoms with Crippen molar-refractivity contribution >= 4 is 33.4 Å². The van der Waals surface area contributed by atoms with E-state index in [1.165, 1.54) is 6.07 Å². The molecule has 2 aromatic heterocycles. The number of rotatable bonds is 6. The largest absolute Gasteiger partial charge is 0.481 e. The molecule has 0 saturated carbocycles. The zero-order valence-corrected chi connectivity index (χ0v) is 15.3. The molecule has 0 radical (unpaired) electrons. The van der Waals surface area contributed by atoms with Gasteiger partial charge >= 0.3 is 12.1 Å². The second kappa shape index (κ2) is 7.22. The first-order valence-corrected chi connectivity index (χ1v) is 8.86. The molecule has 0 aliphatic carbocycles. The number of aliphatic carboxylic acids is 1. The number of hydrogen-bond acceptors (Lipinski definition) is 4. The van der Waals surface area contributed by atoms with E-state index in [0.29, 0.717) is 23.8 Å². The topological polar surface area (TPSA) is 79.3 Å². The van der Waals surface area contributed by atoms with Crippen LogP contribution >= 0.6 is 11.3 Å². The van der Waals surface area contributed by atoms with Gasteiger partial charge in [0.2, 0.25) is 0 Å². The lowest BCUT2D eigenvalue weighted by molar-refractivity contribution is -0.149. The number of carboxylic acid groups (broad SMARTS) is 1. The molecule has 2 rings (SSSR count). The number of alkyl halides is 3. The van der Waals surface area contributed by atoms with Crippen LogP contribution in [0, 0.1) is 12.3 Å². The number of halogens is 3. The standard InChI is InChI=1S/C17H19F3N2O3S/c1-4-16(5-2,15(24)25)8-21-13(23)12-9(3)10-6-7-11(17(18,19)20)22-14(10)26-12/h6-7H,4-5,8H2,1-3H3,(H,21,23)(H,24,25). The van der Waals surface area contributed by atoms with Crippen molar-refractivity contribution in [1.82, 2.24) is 10.3 Å². The van der Waals surface area contributed by atoms with Crippen LogP contribution in [0.25, 0.3) is 10.2 Å². The molecule has 0 unspecified atom stereocenters. The smallest absolute Gasteiger partial charge is 0.433 e. The molecule has 142 valence electrons. The highest BCUT2D eigenvalue weighted by Crippen LogP contribution is 2.34. The maximum absolute atomic E-state index is 12.8. The van der Waals surface area contributed by atoms with Crippen LogP contribution in [0.1, 0.15) is 47.6 Å². The van der Waals surface area contributed by atoms with Gasteiger partial charge in [-0.2, -0.15) is 13.2 Å². The van der Waals surface area contributed by atoms with E-state index < -0.39 is 29.2 Å². The van der Waals surface area contributed by atoms with Crippen molar-refractivity contribution < 1.29 is 27.9 Å². The molecule has 0 atom stereocenters. The summed E-state index contributed by atoms with van der Waals surface area (Å²) in [4.78, 5) is 27.9. The summed E-state index contributed by atoms with van der Waals surface area (Å²) in [6.45, 7) is 5.05. The number of nitrogens with one attached hydrogen (secondary N) is 1. The lowest BCUT2D eigenvalue weighted by Crippen LogP contribution is -2.42. The minimum Gasteiger partial charge on any atom is -0.481 e. The quantitative estimate of drug-likeness (QED) is 0.776. The van der Waals surface area contributed by atoms with Gasteiger partial charge in [0.1, 0.15) is 10.5 Å². The van der Waals surface area contributed by atoms with E-state index in [9.17, 15) is 27.9 Å². The lowest BCUT2D eigenvalue weighted by atomic mass is 9.82. The van der Waals surface area contributed by atoms with Gasteiger partial charge in [0.05, 0.1) is 10.3 Å². The number of hydrogen-bond donors (Lipinski definition) is 2. The molecule has 0 fully saturated rings. The van der Waals surface area contributed by atoms with E-state index in [4.69, 9.17) is 0 Å². The van der Waals surface area contributed by atoms with Crippen molar-refractivity contribution in [2.75, 3.05) is 6.54 Å². The van der Waals surface area contributed by atoms with Crippen LogP contribution in [0.5, 0.6) is 0 Å². The number of pyridine rings is 1. The third-order valence-corrected chi connectivity index (χ3v) is 5.90. The van der Waals surface area contributed by atoms with Gasteiger partial charge in [-0.05, 0) is 37.5 Å². The average molecular weight is 388 g/mol. The Bertz CT molecular complexity index is 842. The summed E-state index contributed by atoms with van der Waals surface area (Å²) >= 11 is 0.866. The first-order chi connectivity index (χ1) is 12.1. The highest BCUT2D eigenvalue weighted by atomic mass is 32.1. The number of carbonyl (C=O) groups is 2. The molecule has 2 heterocycles. The zero-order valence-electron chi connectivity index (χ0n) is 14.5. The Kier molecular flexibility index (Phi) is 5.60. The molecular weight excluding hydrogens is 369 g/mol. The maximum atomic E-state index is 12.8. The fourth-order valence-electron chi connectivity index (χ4n) is 2.68. The Morgan fingerprint density at radius 2 is 1.85 bits per heavy atom. The molecule has 2 aromatic rings. The zero-order chi connectivity index (χ0) is 19.7. The van der Waals surface area contributed by atoms with Gasteiger partial charge in [0, 0.05) is 11.9 Å². The second-order valence-electron chi connectivity index (χ2n) is 6.08. The Hall–Kier alpha value is -2.16. The van der Waals surface area contributed by atoms with Gasteiger partial charge in [-0.3, -0.25) is 9.59 Å². The van der Waals surface area contributed by atoms with E-state index in [1.54, 1.807) is 20.8 Å². The van der Waals surface area contributed by atoms with Crippen molar-refractivity contribution in [3.63, 3.8) is 0 Å². The number of thiophene rings is 1. The van der Waals surface area contributed by atoms with Crippen molar-refractivity contribution in [3.8, 4) is 0 Å². The Morgan fingerprint density at radius 3 is 2.35 bits per heavy atom. The third-order valence-electron chi connectivity index (χ3n) is 4.69. The van der Waals surface area contributed by atoms with Crippen LogP contribution in [0.4, 0.5) is 13.2 Å². The number of nitrogens with zero attached hydrogens (tertiary/aromatic N) is 1. The van der Waals surface area contributed by atoms with E-state index in [0.717, 1.165) is 17.4 Å². The number of carbonyl (C=O) groups excluding carboxylic acids is 1. The number of carboxylic acids is 1. The van der Waals surface area contributed by atoms with Gasteiger partial charge in [-0.1, -0.05) is 13.8 Å². The van der Waals surface area contributed by atoms with Gasteiger partial charge in [0.25, 0.3) is 5.91 Å². The van der Waals surface area contributed by atoms with Crippen LogP contribution in [0.3, 0.4) is 0 Å². The van der Waals surface area contributed by atoms with Crippen LogP contribution in [-0.4, -0.2) is 28.5 Å². The molecule has 9 heteroatoms. The second-order valence-corrected chi connectivity index (χ2v) is 7.08. The maximum Gasteiger partial charge on any atom is 0.433 e. The summed E-state index contributed by atoms with van der Waals surface area (Å²) in [5.41, 5.74) is -1.56. The fourth-order valence-corrected chi connectivity index (χ4v) is 3.78. The molecule has 1 amide bonds. The van der Waals surface area contributed by atoms with Gasteiger partial charge in [-0.15, -0.1) is 11.3 Å². The first kappa shape index (κ1) is 20.2. The van der Waals surface area contributed by atoms with E-state index in [-0.39, 0.29) is 16.3 Å². The number of fused-ring (bicyclic) bond motifs is 1. The molecule has 0 aliphatic rings. The van der Waals surface area contributed by atoms with Crippen LogP contribution in [0.2, 0.25) is 0 Å². The molecule has 0 spiro atoms. The minimum atomic E-state index is -4.56. The summed E-state index contributed by atoms with van der Waals surface area (Å²) < 4.78 is 38.4. The van der Waals surface area contributed by atoms with Crippen molar-refractivity contribution in [3.05, 3.63) is 28.3 Å². The number of aryl methyl sites for hydroxylation is 1. The number of amides is 1. The summed E-state index contributed by atoms with van der Waals surface area (Å²) in [6, 6.07) is 2.18. The van der Waals surface area contributed by atoms with Crippen LogP contribution in [-0.2, 0) is 11.0 Å². The Balaban J connectivity index is 2.30. The van der Waals surface area contributed by atoms with Gasteiger partial charge in [0.15, 0.2) is 0 Å². The van der Waals surface area contributed by atoms with Crippen molar-refractivity contribution in [2.45, 2.75) is 39.8 Å². The molecule has 26 heavy (non-hydrogen) atoms. The highest BCUT2D eigenvalue weighted by molar-refractivity contribution is 7.20. The van der Waals surface area contributed by atoms with E-state index in [2.05, 4.69) is 10.3 Å². The van der Waals surface area contributed by atoms with E-state index in [1.807, 2.05) is 0 Å². The summed E-state index contributed by atoms with van der Waals surface area (Å²) in [5, 5.41) is 12.5. The first-order valence-electron chi connectivity index (χ1n) is 8.04. The molecular formula is C17H19F3N2O3S. The van der Waals surface area contributed by atoms with Crippen molar-refractivity contribution in [2.24, 2.45) is 5.41 Å². The number of aromatic nitrogens is 1. The molecule has 2 N–H and O–H groups in total. The monoisotopic (exact) mass is 388 g/mol. The SMILES string of the molecule is CCC(CC)(CNC(=O)c1sc2nc(C(F)(F)F)ccc2c1C)C(=O)O. The van der Waals surface area contributed by atoms with Crippen molar-refractivity contribution in [1.29, 1.82) is 0 Å². The predicted octanol–water partition coefficient (Wildman–Crippen LogP) is 4.24. The molecule has 5 nitrogen and oxygen atoms in total. The summed E-state index contributed by atoms with van der Waals surface area (Å²) in [7, 11) is 0. The Morgan fingerprint density at radius 1 is 1.23 bits per heavy atom. The predicted molar refractivity (Wildman–Crippen MR) is 92.3 cm³/mol. The van der Waals surface area contributed by atoms with E-state index >= 15 is 0 Å². The lowest BCUT2D eigenvalue weighted by Gasteiger charge is -2.26. The molecule has 0 saturated heterocycles. The molecule has 0 bridgehead atoms.